The molecule has 6 nitrogen and oxygen atoms in total. The molecule has 19 heavy (non-hydrogen) atoms. The molecule has 6 heteroatoms. The zero-order valence-electron chi connectivity index (χ0n) is 12.0. The number of carbonyl (C=O) groups excluding carboxylic acids is 2. The van der Waals surface area contributed by atoms with E-state index in [2.05, 4.69) is 10.6 Å². The monoisotopic (exact) mass is 274 g/mol. The highest BCUT2D eigenvalue weighted by Gasteiger charge is 2.10. The standard InChI is InChI=1S/C13H26N2O4/c1-9(15-13(19)7-5-11(3)17)8-14-12(18)6-4-10(2)16/h9-11,16-17H,4-8H2,1-3H3,(H,14,18)(H,15,19). The summed E-state index contributed by atoms with van der Waals surface area (Å²) >= 11 is 0. The molecular weight excluding hydrogens is 248 g/mol. The van der Waals surface area contributed by atoms with Crippen LogP contribution in [0.25, 0.3) is 0 Å². The number of carbonyl (C=O) groups is 2. The molecule has 4 N–H and O–H groups in total. The summed E-state index contributed by atoms with van der Waals surface area (Å²) in [5.41, 5.74) is 0. The zero-order chi connectivity index (χ0) is 14.8. The first-order valence-corrected chi connectivity index (χ1v) is 6.73. The lowest BCUT2D eigenvalue weighted by Gasteiger charge is -2.15. The molecule has 0 rings (SSSR count). The van der Waals surface area contributed by atoms with Crippen molar-refractivity contribution in [1.82, 2.24) is 10.6 Å². The van der Waals surface area contributed by atoms with Gasteiger partial charge in [-0.25, -0.2) is 0 Å². The van der Waals surface area contributed by atoms with Gasteiger partial charge in [0.15, 0.2) is 0 Å². The van der Waals surface area contributed by atoms with E-state index in [9.17, 15) is 9.59 Å². The number of amides is 2. The van der Waals surface area contributed by atoms with Crippen LogP contribution in [-0.2, 0) is 9.59 Å². The molecule has 0 aromatic carbocycles. The van der Waals surface area contributed by atoms with E-state index in [1.807, 2.05) is 0 Å². The number of hydrogen-bond donors (Lipinski definition) is 4. The van der Waals surface area contributed by atoms with Crippen molar-refractivity contribution in [2.75, 3.05) is 6.54 Å². The van der Waals surface area contributed by atoms with Gasteiger partial charge in [-0.2, -0.15) is 0 Å². The molecule has 0 aliphatic rings. The average molecular weight is 274 g/mol. The van der Waals surface area contributed by atoms with E-state index in [4.69, 9.17) is 10.2 Å². The Bertz CT molecular complexity index is 280. The topological polar surface area (TPSA) is 98.7 Å². The molecule has 0 fully saturated rings. The Hall–Kier alpha value is -1.14. The van der Waals surface area contributed by atoms with Crippen molar-refractivity contribution in [2.45, 2.75) is 64.7 Å². The highest BCUT2D eigenvalue weighted by atomic mass is 16.3. The number of hydrogen-bond acceptors (Lipinski definition) is 4. The molecule has 0 aromatic rings. The largest absolute Gasteiger partial charge is 0.393 e. The first-order valence-electron chi connectivity index (χ1n) is 6.73. The van der Waals surface area contributed by atoms with Crippen LogP contribution in [0.3, 0.4) is 0 Å². The van der Waals surface area contributed by atoms with Crippen LogP contribution in [0.2, 0.25) is 0 Å². The SMILES string of the molecule is CC(O)CCC(=O)NCC(C)NC(=O)CCC(C)O. The molecule has 0 heterocycles. The minimum absolute atomic E-state index is 0.133. The van der Waals surface area contributed by atoms with Gasteiger partial charge in [0.2, 0.25) is 11.8 Å². The van der Waals surface area contributed by atoms with E-state index in [0.29, 0.717) is 19.4 Å². The minimum atomic E-state index is -0.485. The third-order valence-corrected chi connectivity index (χ3v) is 2.59. The summed E-state index contributed by atoms with van der Waals surface area (Å²) in [7, 11) is 0. The van der Waals surface area contributed by atoms with E-state index < -0.39 is 12.2 Å². The van der Waals surface area contributed by atoms with Crippen LogP contribution in [-0.4, -0.2) is 46.8 Å². The molecule has 2 amide bonds. The summed E-state index contributed by atoms with van der Waals surface area (Å²) in [5, 5.41) is 23.5. The molecule has 0 radical (unpaired) electrons. The van der Waals surface area contributed by atoms with Crippen molar-refractivity contribution in [2.24, 2.45) is 0 Å². The Labute approximate surface area is 114 Å². The van der Waals surface area contributed by atoms with Crippen LogP contribution in [0.1, 0.15) is 46.5 Å². The maximum Gasteiger partial charge on any atom is 0.220 e. The van der Waals surface area contributed by atoms with E-state index in [1.165, 1.54) is 0 Å². The van der Waals surface area contributed by atoms with Gasteiger partial charge in [-0.3, -0.25) is 9.59 Å². The zero-order valence-corrected chi connectivity index (χ0v) is 12.0. The summed E-state index contributed by atoms with van der Waals surface area (Å²) < 4.78 is 0. The molecule has 0 aliphatic heterocycles. The van der Waals surface area contributed by atoms with Gasteiger partial charge in [0.25, 0.3) is 0 Å². The van der Waals surface area contributed by atoms with E-state index in [0.717, 1.165) is 0 Å². The molecule has 112 valence electrons. The van der Waals surface area contributed by atoms with Gasteiger partial charge >= 0.3 is 0 Å². The first kappa shape index (κ1) is 17.9. The van der Waals surface area contributed by atoms with Crippen molar-refractivity contribution in [3.63, 3.8) is 0 Å². The molecule has 0 aliphatic carbocycles. The molecule has 0 aromatic heterocycles. The Morgan fingerprint density at radius 2 is 1.42 bits per heavy atom. The van der Waals surface area contributed by atoms with Gasteiger partial charge in [0, 0.05) is 25.4 Å². The third-order valence-electron chi connectivity index (χ3n) is 2.59. The van der Waals surface area contributed by atoms with Crippen LogP contribution in [0.4, 0.5) is 0 Å². The molecular formula is C13H26N2O4. The van der Waals surface area contributed by atoms with Crippen molar-refractivity contribution >= 4 is 11.8 Å². The molecule has 3 unspecified atom stereocenters. The first-order chi connectivity index (χ1) is 8.81. The lowest BCUT2D eigenvalue weighted by Crippen LogP contribution is -2.42. The maximum absolute atomic E-state index is 11.4. The fourth-order valence-electron chi connectivity index (χ4n) is 1.43. The quantitative estimate of drug-likeness (QED) is 0.473. The van der Waals surface area contributed by atoms with Gasteiger partial charge in [-0.05, 0) is 33.6 Å². The molecule has 0 bridgehead atoms. The normalized spacial score (nSPS) is 15.4. The van der Waals surface area contributed by atoms with Crippen LogP contribution >= 0.6 is 0 Å². The van der Waals surface area contributed by atoms with Crippen molar-refractivity contribution < 1.29 is 19.8 Å². The number of aliphatic hydroxyl groups is 2. The van der Waals surface area contributed by atoms with E-state index in [-0.39, 0.29) is 30.7 Å². The van der Waals surface area contributed by atoms with Gasteiger partial charge in [0.05, 0.1) is 12.2 Å². The summed E-state index contributed by atoms with van der Waals surface area (Å²) in [6, 6.07) is -0.156. The van der Waals surface area contributed by atoms with Crippen LogP contribution in [0.15, 0.2) is 0 Å². The van der Waals surface area contributed by atoms with Gasteiger partial charge in [0.1, 0.15) is 0 Å². The smallest absolute Gasteiger partial charge is 0.220 e. The molecule has 0 saturated heterocycles. The summed E-state index contributed by atoms with van der Waals surface area (Å²) in [5.74, 6) is -0.266. The Morgan fingerprint density at radius 1 is 0.947 bits per heavy atom. The van der Waals surface area contributed by atoms with Crippen LogP contribution < -0.4 is 10.6 Å². The van der Waals surface area contributed by atoms with Crippen molar-refractivity contribution in [3.05, 3.63) is 0 Å². The van der Waals surface area contributed by atoms with Gasteiger partial charge < -0.3 is 20.8 Å². The van der Waals surface area contributed by atoms with Crippen molar-refractivity contribution in [1.29, 1.82) is 0 Å². The summed E-state index contributed by atoms with van der Waals surface area (Å²) in [4.78, 5) is 22.8. The molecule has 3 atom stereocenters. The average Bonchev–Trinajstić information content (AvgIpc) is 2.31. The Kier molecular flexibility index (Phi) is 9.16. The second kappa shape index (κ2) is 9.75. The Balaban J connectivity index is 3.71. The van der Waals surface area contributed by atoms with Crippen molar-refractivity contribution in [3.8, 4) is 0 Å². The number of nitrogens with one attached hydrogen (secondary N) is 2. The lowest BCUT2D eigenvalue weighted by molar-refractivity contribution is -0.124. The molecule has 0 spiro atoms. The summed E-state index contributed by atoms with van der Waals surface area (Å²) in [6.45, 7) is 5.44. The van der Waals surface area contributed by atoms with Crippen LogP contribution in [0, 0.1) is 0 Å². The van der Waals surface area contributed by atoms with E-state index in [1.54, 1.807) is 20.8 Å². The summed E-state index contributed by atoms with van der Waals surface area (Å²) in [6.07, 6.45) is 0.447. The maximum atomic E-state index is 11.4. The van der Waals surface area contributed by atoms with Gasteiger partial charge in [-0.15, -0.1) is 0 Å². The predicted molar refractivity (Wildman–Crippen MR) is 72.4 cm³/mol. The number of rotatable bonds is 9. The predicted octanol–water partition coefficient (Wildman–Crippen LogP) is -0.0707. The fraction of sp³-hybridized carbons (Fsp3) is 0.846. The highest BCUT2D eigenvalue weighted by molar-refractivity contribution is 5.77. The van der Waals surface area contributed by atoms with Gasteiger partial charge in [-0.1, -0.05) is 0 Å². The third kappa shape index (κ3) is 11.7. The Morgan fingerprint density at radius 3 is 1.89 bits per heavy atom. The van der Waals surface area contributed by atoms with Crippen LogP contribution in [0.5, 0.6) is 0 Å². The second-order valence-electron chi connectivity index (χ2n) is 5.05. The number of aliphatic hydroxyl groups excluding tert-OH is 2. The highest BCUT2D eigenvalue weighted by Crippen LogP contribution is 1.97. The fourth-order valence-corrected chi connectivity index (χ4v) is 1.43. The minimum Gasteiger partial charge on any atom is -0.393 e. The lowest BCUT2D eigenvalue weighted by atomic mass is 10.2. The molecule has 0 saturated carbocycles. The second-order valence-corrected chi connectivity index (χ2v) is 5.05. The van der Waals surface area contributed by atoms with E-state index >= 15 is 0 Å².